The van der Waals surface area contributed by atoms with E-state index in [1.54, 1.807) is 6.26 Å². The van der Waals surface area contributed by atoms with Crippen molar-refractivity contribution in [3.05, 3.63) is 0 Å². The summed E-state index contributed by atoms with van der Waals surface area (Å²) in [6, 6.07) is 0.137. The van der Waals surface area contributed by atoms with Crippen LogP contribution in [0.4, 0.5) is 0 Å². The highest BCUT2D eigenvalue weighted by Gasteiger charge is 2.08. The Morgan fingerprint density at radius 3 is 2.58 bits per heavy atom. The molecular weight excluding hydrogens is 266 g/mol. The molecule has 0 saturated carbocycles. The number of hydrogen-bond donors (Lipinski definition) is 2. The third-order valence-corrected chi connectivity index (χ3v) is 3.48. The van der Waals surface area contributed by atoms with Crippen LogP contribution in [0.1, 0.15) is 26.7 Å². The van der Waals surface area contributed by atoms with Crippen LogP contribution in [0.3, 0.4) is 0 Å². The van der Waals surface area contributed by atoms with Crippen molar-refractivity contribution in [1.82, 2.24) is 5.32 Å². The first-order valence-corrected chi connectivity index (χ1v) is 8.66. The van der Waals surface area contributed by atoms with Gasteiger partial charge in [-0.25, -0.2) is 0 Å². The van der Waals surface area contributed by atoms with Gasteiger partial charge < -0.3 is 19.9 Å². The smallest absolute Gasteiger partial charge is 0.0897 e. The van der Waals surface area contributed by atoms with Crippen molar-refractivity contribution in [2.45, 2.75) is 38.8 Å². The lowest BCUT2D eigenvalue weighted by atomic mass is 10.3. The largest absolute Gasteiger partial charge is 0.389 e. The second kappa shape index (κ2) is 13.0. The number of aliphatic hydroxyl groups excluding tert-OH is 1. The lowest BCUT2D eigenvalue weighted by Crippen LogP contribution is -2.38. The lowest BCUT2D eigenvalue weighted by Gasteiger charge is -2.16. The maximum Gasteiger partial charge on any atom is 0.0897 e. The summed E-state index contributed by atoms with van der Waals surface area (Å²) >= 11 is 0. The molecule has 0 saturated heterocycles. The highest BCUT2D eigenvalue weighted by molar-refractivity contribution is 7.84. The monoisotopic (exact) mass is 295 g/mol. The second-order valence-corrected chi connectivity index (χ2v) is 6.22. The molecule has 5 nitrogen and oxygen atoms in total. The van der Waals surface area contributed by atoms with E-state index in [1.807, 2.05) is 6.92 Å². The van der Waals surface area contributed by atoms with Crippen molar-refractivity contribution in [3.8, 4) is 0 Å². The zero-order valence-corrected chi connectivity index (χ0v) is 13.2. The minimum atomic E-state index is -0.813. The fourth-order valence-electron chi connectivity index (χ4n) is 1.49. The van der Waals surface area contributed by atoms with Gasteiger partial charge in [-0.05, 0) is 13.3 Å². The molecule has 0 aromatic carbocycles. The first-order chi connectivity index (χ1) is 9.06. The molecule has 6 heteroatoms. The molecule has 0 rings (SSSR count). The van der Waals surface area contributed by atoms with E-state index in [1.165, 1.54) is 0 Å². The first kappa shape index (κ1) is 19.0. The zero-order valence-electron chi connectivity index (χ0n) is 12.4. The summed E-state index contributed by atoms with van der Waals surface area (Å²) in [6.45, 7) is 6.69. The van der Waals surface area contributed by atoms with E-state index >= 15 is 0 Å². The predicted octanol–water partition coefficient (Wildman–Crippen LogP) is 0.537. The molecule has 3 unspecified atom stereocenters. The number of nitrogens with one attached hydrogen (secondary N) is 1. The van der Waals surface area contributed by atoms with Gasteiger partial charge >= 0.3 is 0 Å². The molecule has 0 aliphatic rings. The van der Waals surface area contributed by atoms with Gasteiger partial charge in [0, 0.05) is 42.0 Å². The lowest BCUT2D eigenvalue weighted by molar-refractivity contribution is 0.00349. The molecule has 0 aromatic heterocycles. The standard InChI is InChI=1S/C13H29NO4S/c1-4-5-6-17-7-8-18-10-13(15)9-14-12(2)11-19(3)16/h12-15H,4-11H2,1-3H3. The molecule has 0 aliphatic carbocycles. The van der Waals surface area contributed by atoms with Gasteiger partial charge in [0.05, 0.1) is 25.9 Å². The van der Waals surface area contributed by atoms with Crippen LogP contribution in [0.2, 0.25) is 0 Å². The quantitative estimate of drug-likeness (QED) is 0.485. The Labute approximate surface area is 119 Å². The van der Waals surface area contributed by atoms with Crippen LogP contribution in [0.15, 0.2) is 0 Å². The number of hydrogen-bond acceptors (Lipinski definition) is 5. The van der Waals surface area contributed by atoms with Gasteiger partial charge in [-0.3, -0.25) is 4.21 Å². The van der Waals surface area contributed by atoms with Crippen molar-refractivity contribution >= 4 is 10.8 Å². The van der Waals surface area contributed by atoms with Gasteiger partial charge in [-0.15, -0.1) is 0 Å². The molecule has 0 spiro atoms. The third-order valence-electron chi connectivity index (χ3n) is 2.51. The molecule has 0 amide bonds. The zero-order chi connectivity index (χ0) is 14.5. The number of unbranched alkanes of at least 4 members (excludes halogenated alkanes) is 1. The van der Waals surface area contributed by atoms with Crippen molar-refractivity contribution < 1.29 is 18.8 Å². The molecule has 0 radical (unpaired) electrons. The molecule has 19 heavy (non-hydrogen) atoms. The molecule has 0 aliphatic heterocycles. The van der Waals surface area contributed by atoms with E-state index in [0.717, 1.165) is 19.4 Å². The van der Waals surface area contributed by atoms with E-state index in [4.69, 9.17) is 9.47 Å². The summed E-state index contributed by atoms with van der Waals surface area (Å²) in [5, 5.41) is 12.8. The summed E-state index contributed by atoms with van der Waals surface area (Å²) < 4.78 is 21.6. The molecule has 0 bridgehead atoms. The Kier molecular flexibility index (Phi) is 13.0. The van der Waals surface area contributed by atoms with Gasteiger partial charge in [0.1, 0.15) is 0 Å². The maximum atomic E-state index is 11.0. The van der Waals surface area contributed by atoms with Crippen LogP contribution < -0.4 is 5.32 Å². The Balaban J connectivity index is 3.34. The fourth-order valence-corrected chi connectivity index (χ4v) is 2.31. The van der Waals surface area contributed by atoms with Gasteiger partial charge in [-0.2, -0.15) is 0 Å². The Hall–Kier alpha value is -0.0100. The average Bonchev–Trinajstić information content (AvgIpc) is 2.34. The minimum Gasteiger partial charge on any atom is -0.389 e. The Morgan fingerprint density at radius 2 is 1.95 bits per heavy atom. The SMILES string of the molecule is CCCCOCCOCC(O)CNC(C)CS(C)=O. The van der Waals surface area contributed by atoms with E-state index in [0.29, 0.717) is 32.1 Å². The Bertz CT molecular complexity index is 229. The molecule has 0 aromatic rings. The van der Waals surface area contributed by atoms with Crippen LogP contribution in [0.5, 0.6) is 0 Å². The number of rotatable bonds is 13. The van der Waals surface area contributed by atoms with Crippen molar-refractivity contribution in [2.75, 3.05) is 45.0 Å². The van der Waals surface area contributed by atoms with Gasteiger partial charge in [0.25, 0.3) is 0 Å². The minimum absolute atomic E-state index is 0.137. The molecule has 0 heterocycles. The molecule has 3 atom stereocenters. The normalized spacial score (nSPS) is 16.2. The first-order valence-electron chi connectivity index (χ1n) is 6.93. The number of aliphatic hydroxyl groups is 1. The van der Waals surface area contributed by atoms with Crippen molar-refractivity contribution in [3.63, 3.8) is 0 Å². The average molecular weight is 295 g/mol. The highest BCUT2D eigenvalue weighted by atomic mass is 32.2. The molecule has 116 valence electrons. The van der Waals surface area contributed by atoms with Crippen LogP contribution in [-0.2, 0) is 20.3 Å². The second-order valence-electron chi connectivity index (χ2n) is 4.74. The fraction of sp³-hybridized carbons (Fsp3) is 1.00. The predicted molar refractivity (Wildman–Crippen MR) is 79.0 cm³/mol. The third kappa shape index (κ3) is 14.2. The summed E-state index contributed by atoms with van der Waals surface area (Å²) in [5.74, 6) is 0.596. The van der Waals surface area contributed by atoms with Gasteiger partial charge in [0.2, 0.25) is 0 Å². The van der Waals surface area contributed by atoms with E-state index in [-0.39, 0.29) is 6.04 Å². The molecular formula is C13H29NO4S. The van der Waals surface area contributed by atoms with E-state index in [2.05, 4.69) is 12.2 Å². The van der Waals surface area contributed by atoms with Crippen molar-refractivity contribution in [1.29, 1.82) is 0 Å². The molecule has 0 fully saturated rings. The van der Waals surface area contributed by atoms with Gasteiger partial charge in [0.15, 0.2) is 0 Å². The van der Waals surface area contributed by atoms with Gasteiger partial charge in [-0.1, -0.05) is 13.3 Å². The Morgan fingerprint density at radius 1 is 1.26 bits per heavy atom. The topological polar surface area (TPSA) is 67.8 Å². The highest BCUT2D eigenvalue weighted by Crippen LogP contribution is 1.91. The summed E-state index contributed by atoms with van der Waals surface area (Å²) in [7, 11) is -0.813. The van der Waals surface area contributed by atoms with Crippen molar-refractivity contribution in [2.24, 2.45) is 0 Å². The maximum absolute atomic E-state index is 11.0. The summed E-state index contributed by atoms with van der Waals surface area (Å²) in [6.07, 6.45) is 3.34. The van der Waals surface area contributed by atoms with E-state index in [9.17, 15) is 9.32 Å². The van der Waals surface area contributed by atoms with E-state index < -0.39 is 16.9 Å². The van der Waals surface area contributed by atoms with Crippen LogP contribution >= 0.6 is 0 Å². The molecule has 2 N–H and O–H groups in total. The summed E-state index contributed by atoms with van der Waals surface area (Å²) in [4.78, 5) is 0. The van der Waals surface area contributed by atoms with Crippen LogP contribution in [0, 0.1) is 0 Å². The summed E-state index contributed by atoms with van der Waals surface area (Å²) in [5.41, 5.74) is 0. The van der Waals surface area contributed by atoms with Crippen LogP contribution in [0.25, 0.3) is 0 Å². The number of ether oxygens (including phenoxy) is 2. The van der Waals surface area contributed by atoms with Crippen LogP contribution in [-0.4, -0.2) is 66.4 Å².